The second-order valence-corrected chi connectivity index (χ2v) is 6.85. The van der Waals surface area contributed by atoms with Crippen molar-refractivity contribution in [2.75, 3.05) is 19.4 Å². The van der Waals surface area contributed by atoms with Crippen molar-refractivity contribution in [2.45, 2.75) is 24.8 Å². The molecule has 3 aromatic rings. The lowest BCUT2D eigenvalue weighted by molar-refractivity contribution is 0.163. The minimum Gasteiger partial charge on any atom is -0.396 e. The number of aliphatic hydroxyl groups is 1. The molecule has 3 heterocycles. The van der Waals surface area contributed by atoms with Crippen molar-refractivity contribution in [1.29, 1.82) is 5.26 Å². The fraction of sp³-hybridized carbons (Fsp3) is 0.389. The monoisotopic (exact) mass is 370 g/mol. The molecule has 0 saturated heterocycles. The molecule has 0 bridgehead atoms. The number of nitriles is 1. The Balaban J connectivity index is 1.97. The molecule has 0 amide bonds. The summed E-state index contributed by atoms with van der Waals surface area (Å²) in [6.07, 6.45) is 10.9. The number of aromatic nitrogens is 4. The molecule has 0 spiro atoms. The number of hydrogen-bond acceptors (Lipinski definition) is 6. The maximum atomic E-state index is 9.59. The summed E-state index contributed by atoms with van der Waals surface area (Å²) in [6.45, 7) is 0.738. The number of hydrogen-bond donors (Lipinski definition) is 3. The Hall–Kier alpha value is -2.34. The molecular formula is C18H22N6OS. The van der Waals surface area contributed by atoms with E-state index in [0.29, 0.717) is 19.3 Å². The summed E-state index contributed by atoms with van der Waals surface area (Å²) in [4.78, 5) is 7.50. The van der Waals surface area contributed by atoms with E-state index in [9.17, 15) is 10.4 Å². The molecule has 26 heavy (non-hydrogen) atoms. The molecule has 0 aliphatic heterocycles. The number of rotatable bonds is 9. The van der Waals surface area contributed by atoms with Crippen molar-refractivity contribution in [1.82, 2.24) is 24.5 Å². The van der Waals surface area contributed by atoms with Gasteiger partial charge in [-0.1, -0.05) is 11.9 Å². The summed E-state index contributed by atoms with van der Waals surface area (Å²) in [6, 6.07) is 6.19. The highest BCUT2D eigenvalue weighted by atomic mass is 32.2. The van der Waals surface area contributed by atoms with Gasteiger partial charge in [0.15, 0.2) is 0 Å². The Labute approximate surface area is 156 Å². The van der Waals surface area contributed by atoms with Gasteiger partial charge in [0.25, 0.3) is 0 Å². The molecule has 1 unspecified atom stereocenters. The Morgan fingerprint density at radius 1 is 1.46 bits per heavy atom. The van der Waals surface area contributed by atoms with Crippen LogP contribution >= 0.6 is 11.9 Å². The van der Waals surface area contributed by atoms with Crippen molar-refractivity contribution in [3.8, 4) is 17.2 Å². The first-order valence-corrected chi connectivity index (χ1v) is 9.68. The first-order chi connectivity index (χ1) is 12.7. The summed E-state index contributed by atoms with van der Waals surface area (Å²) >= 11 is 1.54. The van der Waals surface area contributed by atoms with Gasteiger partial charge in [0, 0.05) is 48.3 Å². The van der Waals surface area contributed by atoms with E-state index in [0.717, 1.165) is 28.7 Å². The van der Waals surface area contributed by atoms with Crippen LogP contribution in [0.1, 0.15) is 19.3 Å². The molecule has 8 heteroatoms. The zero-order valence-corrected chi connectivity index (χ0v) is 15.5. The van der Waals surface area contributed by atoms with Gasteiger partial charge < -0.3 is 10.1 Å². The van der Waals surface area contributed by atoms with E-state index < -0.39 is 5.54 Å². The maximum Gasteiger partial charge on any atom is 0.137 e. The lowest BCUT2D eigenvalue weighted by Gasteiger charge is -2.31. The first-order valence-electron chi connectivity index (χ1n) is 8.45. The van der Waals surface area contributed by atoms with Crippen molar-refractivity contribution in [3.63, 3.8) is 0 Å². The van der Waals surface area contributed by atoms with Crippen LogP contribution in [-0.4, -0.2) is 44.3 Å². The summed E-state index contributed by atoms with van der Waals surface area (Å²) in [5.41, 5.74) is 2.28. The van der Waals surface area contributed by atoms with E-state index in [1.807, 2.05) is 35.5 Å². The molecule has 3 aromatic heterocycles. The molecule has 0 fully saturated rings. The fourth-order valence-corrected chi connectivity index (χ4v) is 3.58. The predicted octanol–water partition coefficient (Wildman–Crippen LogP) is 2.68. The highest BCUT2D eigenvalue weighted by Crippen LogP contribution is 2.32. The third kappa shape index (κ3) is 3.60. The highest BCUT2D eigenvalue weighted by Gasteiger charge is 2.32. The molecule has 0 radical (unpaired) electrons. The number of pyridine rings is 1. The van der Waals surface area contributed by atoms with Gasteiger partial charge in [0.05, 0.1) is 24.2 Å². The standard InChI is InChI=1S/C18H22N6OS/c1-26-23-9-5-18(4-7-19,6-10-25)24-13-14(11-22-24)16-12-21-17-15(16)3-2-8-20-17/h2-3,8,11-13,23,25H,4-6,9-10H2,1H3,(H,20,21). The number of fused-ring (bicyclic) bond motifs is 1. The zero-order chi connectivity index (χ0) is 18.4. The molecule has 3 N–H and O–H groups in total. The van der Waals surface area contributed by atoms with Gasteiger partial charge in [-0.25, -0.2) is 4.98 Å². The lowest BCUT2D eigenvalue weighted by atomic mass is 9.88. The van der Waals surface area contributed by atoms with Crippen molar-refractivity contribution in [3.05, 3.63) is 36.9 Å². The Kier molecular flexibility index (Phi) is 5.93. The Bertz CT molecular complexity index is 898. The van der Waals surface area contributed by atoms with Crippen LogP contribution in [0.3, 0.4) is 0 Å². The summed E-state index contributed by atoms with van der Waals surface area (Å²) in [5.74, 6) is 0. The van der Waals surface area contributed by atoms with Crippen LogP contribution in [-0.2, 0) is 5.54 Å². The van der Waals surface area contributed by atoms with Gasteiger partial charge >= 0.3 is 0 Å². The van der Waals surface area contributed by atoms with Crippen LogP contribution in [0.25, 0.3) is 22.2 Å². The second kappa shape index (κ2) is 8.36. The minimum absolute atomic E-state index is 0.00709. The van der Waals surface area contributed by atoms with Gasteiger partial charge in [0.1, 0.15) is 5.65 Å². The summed E-state index contributed by atoms with van der Waals surface area (Å²) in [5, 5.41) is 24.5. The maximum absolute atomic E-state index is 9.59. The SMILES string of the molecule is CSNCCC(CC#N)(CCO)n1cc(-c2c[nH]c3ncccc23)cn1. The average molecular weight is 370 g/mol. The van der Waals surface area contributed by atoms with Crippen molar-refractivity contribution >= 4 is 23.0 Å². The third-order valence-corrected chi connectivity index (χ3v) is 5.15. The highest BCUT2D eigenvalue weighted by molar-refractivity contribution is 7.96. The largest absolute Gasteiger partial charge is 0.396 e. The molecule has 1 atom stereocenters. The number of aliphatic hydroxyl groups excluding tert-OH is 1. The number of aromatic amines is 1. The first kappa shape index (κ1) is 18.5. The molecule has 7 nitrogen and oxygen atoms in total. The topological polar surface area (TPSA) is 103 Å². The zero-order valence-electron chi connectivity index (χ0n) is 14.6. The minimum atomic E-state index is -0.533. The molecule has 0 aliphatic rings. The smallest absolute Gasteiger partial charge is 0.137 e. The fourth-order valence-electron chi connectivity index (χ4n) is 3.27. The van der Waals surface area contributed by atoms with Gasteiger partial charge in [-0.3, -0.25) is 9.40 Å². The van der Waals surface area contributed by atoms with E-state index in [2.05, 4.69) is 25.9 Å². The molecule has 3 rings (SSSR count). The third-order valence-electron chi connectivity index (χ3n) is 4.65. The van der Waals surface area contributed by atoms with E-state index in [-0.39, 0.29) is 6.61 Å². The van der Waals surface area contributed by atoms with Crippen LogP contribution in [0.2, 0.25) is 0 Å². The van der Waals surface area contributed by atoms with E-state index in [4.69, 9.17) is 0 Å². The molecule has 0 aromatic carbocycles. The van der Waals surface area contributed by atoms with Crippen LogP contribution in [0.5, 0.6) is 0 Å². The predicted molar refractivity (Wildman–Crippen MR) is 103 cm³/mol. The number of H-pyrrole nitrogens is 1. The van der Waals surface area contributed by atoms with Crippen molar-refractivity contribution in [2.24, 2.45) is 0 Å². The van der Waals surface area contributed by atoms with Crippen LogP contribution < -0.4 is 4.72 Å². The van der Waals surface area contributed by atoms with Gasteiger partial charge in [-0.15, -0.1) is 0 Å². The van der Waals surface area contributed by atoms with E-state index >= 15 is 0 Å². The normalized spacial score (nSPS) is 13.6. The molecule has 136 valence electrons. The average Bonchev–Trinajstić information content (AvgIpc) is 3.29. The lowest BCUT2D eigenvalue weighted by Crippen LogP contribution is -2.37. The van der Waals surface area contributed by atoms with Gasteiger partial charge in [0.2, 0.25) is 0 Å². The van der Waals surface area contributed by atoms with Gasteiger partial charge in [-0.05, 0) is 31.2 Å². The van der Waals surface area contributed by atoms with Crippen molar-refractivity contribution < 1.29 is 5.11 Å². The molecule has 0 saturated carbocycles. The summed E-state index contributed by atoms with van der Waals surface area (Å²) < 4.78 is 5.07. The Morgan fingerprint density at radius 3 is 3.12 bits per heavy atom. The number of nitrogens with zero attached hydrogens (tertiary/aromatic N) is 4. The number of nitrogens with one attached hydrogen (secondary N) is 2. The second-order valence-electron chi connectivity index (χ2n) is 6.16. The Morgan fingerprint density at radius 2 is 2.35 bits per heavy atom. The van der Waals surface area contributed by atoms with Crippen LogP contribution in [0.15, 0.2) is 36.9 Å². The van der Waals surface area contributed by atoms with E-state index in [1.54, 1.807) is 24.3 Å². The quantitative estimate of drug-likeness (QED) is 0.395. The van der Waals surface area contributed by atoms with Crippen LogP contribution in [0, 0.1) is 11.3 Å². The van der Waals surface area contributed by atoms with E-state index in [1.165, 1.54) is 0 Å². The van der Waals surface area contributed by atoms with Crippen LogP contribution in [0.4, 0.5) is 0 Å². The molecular weight excluding hydrogens is 348 g/mol. The molecule has 0 aliphatic carbocycles. The summed E-state index contributed by atoms with van der Waals surface area (Å²) in [7, 11) is 0. The van der Waals surface area contributed by atoms with Gasteiger partial charge in [-0.2, -0.15) is 10.4 Å².